The highest BCUT2D eigenvalue weighted by molar-refractivity contribution is 6.20. The summed E-state index contributed by atoms with van der Waals surface area (Å²) in [7, 11) is 0. The van der Waals surface area contributed by atoms with Crippen LogP contribution in [0, 0.1) is 0 Å². The number of anilines is 2. The van der Waals surface area contributed by atoms with Gasteiger partial charge in [-0.1, -0.05) is 30.3 Å². The van der Waals surface area contributed by atoms with Crippen LogP contribution in [0.4, 0.5) is 11.4 Å². The van der Waals surface area contributed by atoms with Crippen molar-refractivity contribution in [2.75, 3.05) is 30.5 Å². The zero-order valence-electron chi connectivity index (χ0n) is 15.8. The lowest BCUT2D eigenvalue weighted by molar-refractivity contribution is -0.144. The van der Waals surface area contributed by atoms with Gasteiger partial charge in [0.05, 0.1) is 12.3 Å². The molecule has 0 bridgehead atoms. The Labute approximate surface area is 167 Å². The van der Waals surface area contributed by atoms with E-state index < -0.39 is 24.3 Å². The van der Waals surface area contributed by atoms with Crippen LogP contribution in [0.3, 0.4) is 0 Å². The fraction of sp³-hybridized carbons (Fsp3) is 0.190. The molecule has 3 rings (SSSR count). The molecule has 0 aromatic heterocycles. The Hall–Kier alpha value is -3.81. The Morgan fingerprint density at radius 3 is 2.55 bits per heavy atom. The predicted octanol–water partition coefficient (Wildman–Crippen LogP) is 2.49. The molecule has 1 aliphatic heterocycles. The van der Waals surface area contributed by atoms with Crippen LogP contribution >= 0.6 is 0 Å². The van der Waals surface area contributed by atoms with Crippen LogP contribution in [0.25, 0.3) is 0 Å². The summed E-state index contributed by atoms with van der Waals surface area (Å²) in [5, 5.41) is 5.48. The molecule has 150 valence electrons. The third-order valence-electron chi connectivity index (χ3n) is 3.88. The van der Waals surface area contributed by atoms with E-state index >= 15 is 0 Å². The fourth-order valence-corrected chi connectivity index (χ4v) is 2.61. The summed E-state index contributed by atoms with van der Waals surface area (Å²) in [5.74, 6) is -1.50. The lowest BCUT2D eigenvalue weighted by Gasteiger charge is -2.11. The molecular formula is C21H20N2O6. The van der Waals surface area contributed by atoms with Crippen molar-refractivity contribution in [1.29, 1.82) is 0 Å². The molecule has 2 N–H and O–H groups in total. The van der Waals surface area contributed by atoms with E-state index in [-0.39, 0.29) is 18.1 Å². The quantitative estimate of drug-likeness (QED) is 0.522. The van der Waals surface area contributed by atoms with E-state index in [0.717, 1.165) is 0 Å². The Bertz CT molecular complexity index is 939. The summed E-state index contributed by atoms with van der Waals surface area (Å²) in [5.41, 5.74) is 0.852. The highest BCUT2D eigenvalue weighted by Gasteiger charge is 2.32. The number of ether oxygens (including phenoxy) is 3. The summed E-state index contributed by atoms with van der Waals surface area (Å²) < 4.78 is 15.7. The number of amides is 1. The van der Waals surface area contributed by atoms with Gasteiger partial charge in [-0.05, 0) is 31.2 Å². The van der Waals surface area contributed by atoms with Gasteiger partial charge in [0, 0.05) is 5.69 Å². The van der Waals surface area contributed by atoms with Crippen molar-refractivity contribution in [3.05, 3.63) is 66.1 Å². The second kappa shape index (κ2) is 9.41. The standard InChI is InChI=1S/C21H20N2O6/c1-2-27-17-11-7-6-10-15(17)23-18(25)13-29-21(26)19-16(24)12-28-20(19)22-14-8-4-3-5-9-14/h3-11,22H,2,12-13H2,1H3,(H,23,25). The Morgan fingerprint density at radius 2 is 1.79 bits per heavy atom. The van der Waals surface area contributed by atoms with Crippen molar-refractivity contribution in [2.24, 2.45) is 0 Å². The van der Waals surface area contributed by atoms with Crippen LogP contribution < -0.4 is 15.4 Å². The van der Waals surface area contributed by atoms with Crippen molar-refractivity contribution in [3.63, 3.8) is 0 Å². The average molecular weight is 396 g/mol. The van der Waals surface area contributed by atoms with E-state index in [4.69, 9.17) is 14.2 Å². The number of esters is 1. The Balaban J connectivity index is 1.62. The van der Waals surface area contributed by atoms with Gasteiger partial charge in [-0.2, -0.15) is 0 Å². The number of Topliss-reactive ketones (excluding diaryl/α,β-unsaturated/α-hetero) is 1. The molecule has 0 saturated carbocycles. The molecule has 29 heavy (non-hydrogen) atoms. The van der Waals surface area contributed by atoms with Gasteiger partial charge in [0.2, 0.25) is 11.7 Å². The van der Waals surface area contributed by atoms with Crippen LogP contribution in [-0.2, 0) is 23.9 Å². The first-order chi connectivity index (χ1) is 14.1. The second-order valence-electron chi connectivity index (χ2n) is 5.96. The zero-order valence-corrected chi connectivity index (χ0v) is 15.8. The minimum atomic E-state index is -0.931. The topological polar surface area (TPSA) is 103 Å². The summed E-state index contributed by atoms with van der Waals surface area (Å²) in [4.78, 5) is 36.5. The van der Waals surface area contributed by atoms with Gasteiger partial charge in [0.1, 0.15) is 5.75 Å². The number of ketones is 1. The first kappa shape index (κ1) is 19.9. The molecule has 8 nitrogen and oxygen atoms in total. The molecule has 0 unspecified atom stereocenters. The van der Waals surface area contributed by atoms with Gasteiger partial charge in [0.25, 0.3) is 5.91 Å². The molecule has 2 aromatic carbocycles. The van der Waals surface area contributed by atoms with E-state index in [9.17, 15) is 14.4 Å². The molecular weight excluding hydrogens is 376 g/mol. The van der Waals surface area contributed by atoms with Crippen molar-refractivity contribution < 1.29 is 28.6 Å². The molecule has 8 heteroatoms. The third-order valence-corrected chi connectivity index (χ3v) is 3.88. The van der Waals surface area contributed by atoms with E-state index in [1.165, 1.54) is 0 Å². The summed E-state index contributed by atoms with van der Waals surface area (Å²) in [6.07, 6.45) is 0. The van der Waals surface area contributed by atoms with Gasteiger partial charge >= 0.3 is 5.97 Å². The molecule has 1 heterocycles. The van der Waals surface area contributed by atoms with Gasteiger partial charge < -0.3 is 24.8 Å². The second-order valence-corrected chi connectivity index (χ2v) is 5.96. The number of carbonyl (C=O) groups is 3. The maximum Gasteiger partial charge on any atom is 0.347 e. The molecule has 2 aromatic rings. The molecule has 0 radical (unpaired) electrons. The number of benzene rings is 2. The lowest BCUT2D eigenvalue weighted by Crippen LogP contribution is -2.24. The largest absolute Gasteiger partial charge is 0.492 e. The number of hydrogen-bond acceptors (Lipinski definition) is 7. The normalized spacial score (nSPS) is 12.9. The van der Waals surface area contributed by atoms with Crippen LogP contribution in [0.15, 0.2) is 66.1 Å². The number of hydrogen-bond donors (Lipinski definition) is 2. The smallest absolute Gasteiger partial charge is 0.347 e. The number of para-hydroxylation sites is 3. The minimum Gasteiger partial charge on any atom is -0.492 e. The average Bonchev–Trinajstić information content (AvgIpc) is 3.09. The maximum atomic E-state index is 12.4. The summed E-state index contributed by atoms with van der Waals surface area (Å²) in [6.45, 7) is 1.44. The number of nitrogens with one attached hydrogen (secondary N) is 2. The zero-order chi connectivity index (χ0) is 20.6. The Kier molecular flexibility index (Phi) is 6.47. The van der Waals surface area contributed by atoms with Crippen LogP contribution in [0.1, 0.15) is 6.92 Å². The predicted molar refractivity (Wildman–Crippen MR) is 105 cm³/mol. The minimum absolute atomic E-state index is 0.00768. The molecule has 0 saturated heterocycles. The third kappa shape index (κ3) is 5.13. The highest BCUT2D eigenvalue weighted by Crippen LogP contribution is 2.24. The van der Waals surface area contributed by atoms with E-state index in [1.54, 1.807) is 48.5 Å². The summed E-state index contributed by atoms with van der Waals surface area (Å²) in [6, 6.07) is 15.8. The number of rotatable bonds is 8. The molecule has 0 fully saturated rings. The first-order valence-corrected chi connectivity index (χ1v) is 8.99. The maximum absolute atomic E-state index is 12.4. The molecule has 0 aliphatic carbocycles. The van der Waals surface area contributed by atoms with Crippen LogP contribution in [0.5, 0.6) is 5.75 Å². The van der Waals surface area contributed by atoms with Crippen LogP contribution in [0.2, 0.25) is 0 Å². The Morgan fingerprint density at radius 1 is 1.07 bits per heavy atom. The van der Waals surface area contributed by atoms with Gasteiger partial charge in [-0.3, -0.25) is 9.59 Å². The van der Waals surface area contributed by atoms with Crippen LogP contribution in [-0.4, -0.2) is 37.5 Å². The van der Waals surface area contributed by atoms with E-state index in [2.05, 4.69) is 10.6 Å². The molecule has 0 spiro atoms. The number of carbonyl (C=O) groups excluding carboxylic acids is 3. The van der Waals surface area contributed by atoms with Gasteiger partial charge in [0.15, 0.2) is 18.8 Å². The van der Waals surface area contributed by atoms with Crippen molar-refractivity contribution >= 4 is 29.0 Å². The summed E-state index contributed by atoms with van der Waals surface area (Å²) >= 11 is 0. The van der Waals surface area contributed by atoms with Crippen molar-refractivity contribution in [1.82, 2.24) is 0 Å². The van der Waals surface area contributed by atoms with Gasteiger partial charge in [-0.25, -0.2) is 4.79 Å². The van der Waals surface area contributed by atoms with Gasteiger partial charge in [-0.15, -0.1) is 0 Å². The van der Waals surface area contributed by atoms with E-state index in [0.29, 0.717) is 23.7 Å². The monoisotopic (exact) mass is 396 g/mol. The SMILES string of the molecule is CCOc1ccccc1NC(=O)COC(=O)C1=C(Nc2ccccc2)OCC1=O. The van der Waals surface area contributed by atoms with Crippen molar-refractivity contribution in [3.8, 4) is 5.75 Å². The van der Waals surface area contributed by atoms with E-state index in [1.807, 2.05) is 13.0 Å². The molecule has 0 atom stereocenters. The highest BCUT2D eigenvalue weighted by atomic mass is 16.5. The molecule has 1 amide bonds. The fourth-order valence-electron chi connectivity index (χ4n) is 2.61. The first-order valence-electron chi connectivity index (χ1n) is 8.99. The molecule has 1 aliphatic rings. The lowest BCUT2D eigenvalue weighted by atomic mass is 10.2. The van der Waals surface area contributed by atoms with Crippen molar-refractivity contribution in [2.45, 2.75) is 6.92 Å².